The van der Waals surface area contributed by atoms with Gasteiger partial charge in [0.1, 0.15) is 18.0 Å². The van der Waals surface area contributed by atoms with Crippen LogP contribution in [-0.2, 0) is 11.2 Å². The Morgan fingerprint density at radius 1 is 1.56 bits per heavy atom. The van der Waals surface area contributed by atoms with Gasteiger partial charge in [-0.25, -0.2) is 4.39 Å². The molecule has 0 heterocycles. The lowest BCUT2D eigenvalue weighted by molar-refractivity contribution is -0.138. The summed E-state index contributed by atoms with van der Waals surface area (Å²) in [5.74, 6) is -1.22. The molecule has 0 saturated carbocycles. The van der Waals surface area contributed by atoms with Crippen molar-refractivity contribution in [2.75, 3.05) is 0 Å². The summed E-state index contributed by atoms with van der Waals surface area (Å²) in [5.41, 5.74) is 6.08. The minimum Gasteiger partial charge on any atom is -0.508 e. The quantitative estimate of drug-likeness (QED) is 0.725. The van der Waals surface area contributed by atoms with Crippen LogP contribution in [0.2, 0.25) is 0 Å². The number of hydrogen-bond acceptors (Lipinski definition) is 3. The van der Waals surface area contributed by atoms with Crippen LogP contribution >= 0.6 is 0 Å². The van der Waals surface area contributed by atoms with Crippen molar-refractivity contribution in [3.05, 3.63) is 29.3 Å². The molecule has 0 aromatic heterocycles. The molecular weight excluding hydrogens is 213 g/mol. The number of rotatable bonds is 4. The van der Waals surface area contributed by atoms with Gasteiger partial charge in [0.25, 0.3) is 0 Å². The van der Waals surface area contributed by atoms with Gasteiger partial charge in [0.2, 0.25) is 0 Å². The first-order valence-corrected chi connectivity index (χ1v) is 4.86. The number of hydrogen-bond donors (Lipinski definition) is 3. The topological polar surface area (TPSA) is 83.5 Å². The zero-order valence-corrected chi connectivity index (χ0v) is 8.85. The van der Waals surface area contributed by atoms with Crippen LogP contribution < -0.4 is 5.73 Å². The molecule has 4 N–H and O–H groups in total. The average molecular weight is 227 g/mol. The van der Waals surface area contributed by atoms with Crippen molar-refractivity contribution in [2.45, 2.75) is 25.6 Å². The van der Waals surface area contributed by atoms with Crippen LogP contribution in [0.1, 0.15) is 24.2 Å². The molecular formula is C11H14FNO3. The van der Waals surface area contributed by atoms with E-state index in [0.717, 1.165) is 0 Å². The molecule has 1 aromatic carbocycles. The summed E-state index contributed by atoms with van der Waals surface area (Å²) in [6.07, 6.45) is -1.19. The van der Waals surface area contributed by atoms with Crippen LogP contribution in [0.3, 0.4) is 0 Å². The third kappa shape index (κ3) is 2.93. The van der Waals surface area contributed by atoms with Crippen LogP contribution in [0.5, 0.6) is 5.75 Å². The summed E-state index contributed by atoms with van der Waals surface area (Å²) >= 11 is 0. The van der Waals surface area contributed by atoms with E-state index in [2.05, 4.69) is 0 Å². The van der Waals surface area contributed by atoms with Crippen LogP contribution in [-0.4, -0.2) is 22.2 Å². The number of aromatic hydroxyl groups is 1. The zero-order valence-electron chi connectivity index (χ0n) is 8.85. The normalized spacial score (nSPS) is 14.4. The minimum absolute atomic E-state index is 0.0261. The number of halogens is 1. The van der Waals surface area contributed by atoms with E-state index in [-0.39, 0.29) is 12.2 Å². The van der Waals surface area contributed by atoms with Gasteiger partial charge in [-0.1, -0.05) is 6.07 Å². The Balaban J connectivity index is 2.94. The zero-order chi connectivity index (χ0) is 12.3. The Morgan fingerprint density at radius 2 is 2.19 bits per heavy atom. The first-order valence-electron chi connectivity index (χ1n) is 4.86. The first kappa shape index (κ1) is 12.4. The van der Waals surface area contributed by atoms with Crippen molar-refractivity contribution < 1.29 is 19.4 Å². The monoisotopic (exact) mass is 227 g/mol. The summed E-state index contributed by atoms with van der Waals surface area (Å²) in [6, 6.07) is 3.13. The van der Waals surface area contributed by atoms with Gasteiger partial charge >= 0.3 is 5.97 Å². The number of carboxylic acids is 1. The number of phenols is 1. The Bertz CT molecular complexity index is 393. The maximum absolute atomic E-state index is 13.0. The van der Waals surface area contributed by atoms with Gasteiger partial charge in [0.05, 0.1) is 0 Å². The van der Waals surface area contributed by atoms with E-state index in [0.29, 0.717) is 11.1 Å². The van der Waals surface area contributed by atoms with Gasteiger partial charge in [-0.2, -0.15) is 0 Å². The molecule has 5 heteroatoms. The average Bonchev–Trinajstić information content (AvgIpc) is 2.20. The molecule has 0 saturated heterocycles. The van der Waals surface area contributed by atoms with Crippen molar-refractivity contribution >= 4 is 5.97 Å². The van der Waals surface area contributed by atoms with Crippen molar-refractivity contribution in [1.29, 1.82) is 0 Å². The van der Waals surface area contributed by atoms with Gasteiger partial charge in [-0.15, -0.1) is 0 Å². The van der Waals surface area contributed by atoms with Crippen LogP contribution in [0.4, 0.5) is 4.39 Å². The molecule has 0 fully saturated rings. The Hall–Kier alpha value is -1.62. The third-order valence-electron chi connectivity index (χ3n) is 2.32. The second-order valence-corrected chi connectivity index (χ2v) is 3.65. The van der Waals surface area contributed by atoms with E-state index in [1.807, 2.05) is 0 Å². The first-order chi connectivity index (χ1) is 7.41. The lowest BCUT2D eigenvalue weighted by atomic mass is 10.0. The molecule has 1 aromatic rings. The SMILES string of the molecule is CC(F)c1ccc(O)c(CC(N)C(=O)O)c1. The highest BCUT2D eigenvalue weighted by Gasteiger charge is 2.15. The lowest BCUT2D eigenvalue weighted by Gasteiger charge is -2.10. The molecule has 2 unspecified atom stereocenters. The largest absolute Gasteiger partial charge is 0.508 e. The van der Waals surface area contributed by atoms with Crippen molar-refractivity contribution in [3.8, 4) is 5.75 Å². The molecule has 2 atom stereocenters. The highest BCUT2D eigenvalue weighted by molar-refractivity contribution is 5.73. The summed E-state index contributed by atoms with van der Waals surface area (Å²) in [4.78, 5) is 10.6. The molecule has 0 aliphatic rings. The summed E-state index contributed by atoms with van der Waals surface area (Å²) in [6.45, 7) is 1.37. The second-order valence-electron chi connectivity index (χ2n) is 3.65. The summed E-state index contributed by atoms with van der Waals surface area (Å²) in [7, 11) is 0. The maximum Gasteiger partial charge on any atom is 0.320 e. The minimum atomic E-state index is -1.17. The van der Waals surface area contributed by atoms with Crippen LogP contribution in [0.25, 0.3) is 0 Å². The van der Waals surface area contributed by atoms with E-state index in [4.69, 9.17) is 10.8 Å². The predicted octanol–water partition coefficient (Wildman–Crippen LogP) is 1.38. The number of nitrogens with two attached hydrogens (primary N) is 1. The van der Waals surface area contributed by atoms with Gasteiger partial charge in [-0.3, -0.25) is 4.79 Å². The van der Waals surface area contributed by atoms with Crippen molar-refractivity contribution in [2.24, 2.45) is 5.73 Å². The predicted molar refractivity (Wildman–Crippen MR) is 56.9 cm³/mol. The molecule has 0 aliphatic heterocycles. The molecule has 0 bridgehead atoms. The van der Waals surface area contributed by atoms with E-state index in [1.54, 1.807) is 0 Å². The van der Waals surface area contributed by atoms with Crippen molar-refractivity contribution in [1.82, 2.24) is 0 Å². The van der Waals surface area contributed by atoms with Gasteiger partial charge in [0.15, 0.2) is 0 Å². The fourth-order valence-electron chi connectivity index (χ4n) is 1.34. The smallest absolute Gasteiger partial charge is 0.320 e. The van der Waals surface area contributed by atoms with E-state index in [9.17, 15) is 14.3 Å². The van der Waals surface area contributed by atoms with Crippen molar-refractivity contribution in [3.63, 3.8) is 0 Å². The molecule has 16 heavy (non-hydrogen) atoms. The van der Waals surface area contributed by atoms with Gasteiger partial charge < -0.3 is 15.9 Å². The Labute approximate surface area is 92.5 Å². The molecule has 0 amide bonds. The van der Waals surface area contributed by atoms with Crippen LogP contribution in [0, 0.1) is 0 Å². The second kappa shape index (κ2) is 4.94. The van der Waals surface area contributed by atoms with Gasteiger partial charge in [0, 0.05) is 6.42 Å². The standard InChI is InChI=1S/C11H14FNO3/c1-6(12)7-2-3-10(14)8(4-7)5-9(13)11(15)16/h2-4,6,9,14H,5,13H2,1H3,(H,15,16). The molecule has 0 radical (unpaired) electrons. The molecule has 0 aliphatic carbocycles. The number of carbonyl (C=O) groups is 1. The molecule has 1 rings (SSSR count). The fourth-order valence-corrected chi connectivity index (χ4v) is 1.34. The number of phenolic OH excluding ortho intramolecular Hbond substituents is 1. The number of alkyl halides is 1. The summed E-state index contributed by atoms with van der Waals surface area (Å²) < 4.78 is 13.0. The highest BCUT2D eigenvalue weighted by Crippen LogP contribution is 2.24. The fraction of sp³-hybridized carbons (Fsp3) is 0.364. The third-order valence-corrected chi connectivity index (χ3v) is 2.32. The summed E-state index contributed by atoms with van der Waals surface area (Å²) in [5, 5.41) is 18.1. The number of aliphatic carboxylic acids is 1. The number of carboxylic acid groups (broad SMARTS) is 1. The molecule has 0 spiro atoms. The lowest BCUT2D eigenvalue weighted by Crippen LogP contribution is -2.32. The Morgan fingerprint density at radius 3 is 2.69 bits per heavy atom. The molecule has 4 nitrogen and oxygen atoms in total. The highest BCUT2D eigenvalue weighted by atomic mass is 19.1. The Kier molecular flexibility index (Phi) is 3.84. The van der Waals surface area contributed by atoms with Gasteiger partial charge in [-0.05, 0) is 30.2 Å². The van der Waals surface area contributed by atoms with E-state index in [1.165, 1.54) is 25.1 Å². The number of benzene rings is 1. The van der Waals surface area contributed by atoms with E-state index < -0.39 is 18.2 Å². The van der Waals surface area contributed by atoms with E-state index >= 15 is 0 Å². The maximum atomic E-state index is 13.0. The molecule has 88 valence electrons. The van der Waals surface area contributed by atoms with Crippen LogP contribution in [0.15, 0.2) is 18.2 Å².